The van der Waals surface area contributed by atoms with Gasteiger partial charge in [0, 0.05) is 31.1 Å². The number of anilines is 1. The number of nitrogens with zero attached hydrogens (tertiary/aromatic N) is 3. The van der Waals surface area contributed by atoms with Crippen molar-refractivity contribution in [2.75, 3.05) is 19.0 Å². The summed E-state index contributed by atoms with van der Waals surface area (Å²) in [6, 6.07) is 12.6. The van der Waals surface area contributed by atoms with Gasteiger partial charge in [-0.3, -0.25) is 19.7 Å². The first-order chi connectivity index (χ1) is 14.0. The van der Waals surface area contributed by atoms with Crippen LogP contribution in [0, 0.1) is 6.92 Å². The number of aromatic amines is 1. The second-order valence-electron chi connectivity index (χ2n) is 6.98. The van der Waals surface area contributed by atoms with Gasteiger partial charge in [-0.15, -0.1) is 0 Å². The Bertz CT molecular complexity index is 1020. The minimum Gasteiger partial charge on any atom is -0.356 e. The molecule has 8 nitrogen and oxygen atoms in total. The average molecular weight is 391 g/mol. The highest BCUT2D eigenvalue weighted by molar-refractivity contribution is 5.95. The van der Waals surface area contributed by atoms with Gasteiger partial charge in [0.05, 0.1) is 11.7 Å². The number of carbonyl (C=O) groups is 2. The first kappa shape index (κ1) is 18.8. The largest absolute Gasteiger partial charge is 0.356 e. The van der Waals surface area contributed by atoms with Crippen molar-refractivity contribution >= 4 is 17.6 Å². The molecule has 1 aliphatic rings. The predicted octanol–water partition coefficient (Wildman–Crippen LogP) is 2.32. The Kier molecular flexibility index (Phi) is 5.09. The molecule has 1 aromatic carbocycles. The van der Waals surface area contributed by atoms with Crippen LogP contribution < -0.4 is 5.32 Å². The van der Waals surface area contributed by atoms with E-state index in [0.717, 1.165) is 22.4 Å². The summed E-state index contributed by atoms with van der Waals surface area (Å²) >= 11 is 0. The molecule has 1 saturated heterocycles. The van der Waals surface area contributed by atoms with E-state index in [0.29, 0.717) is 5.82 Å². The summed E-state index contributed by atoms with van der Waals surface area (Å²) < 4.78 is 5.63. The van der Waals surface area contributed by atoms with Crippen molar-refractivity contribution < 1.29 is 14.3 Å². The number of benzene rings is 1. The minimum absolute atomic E-state index is 0.139. The normalized spacial score (nSPS) is 19.2. The number of ether oxygens (including phenoxy) is 1. The van der Waals surface area contributed by atoms with Crippen molar-refractivity contribution in [3.05, 3.63) is 66.0 Å². The fraction of sp³-hybridized carbons (Fsp3) is 0.238. The van der Waals surface area contributed by atoms with Crippen molar-refractivity contribution in [1.82, 2.24) is 20.1 Å². The summed E-state index contributed by atoms with van der Waals surface area (Å²) in [6.07, 6.45) is 2.52. The van der Waals surface area contributed by atoms with Gasteiger partial charge in [-0.2, -0.15) is 5.10 Å². The van der Waals surface area contributed by atoms with Crippen molar-refractivity contribution in [3.8, 4) is 11.3 Å². The molecule has 2 N–H and O–H groups in total. The monoisotopic (exact) mass is 391 g/mol. The van der Waals surface area contributed by atoms with Gasteiger partial charge in [0.25, 0.3) is 5.91 Å². The van der Waals surface area contributed by atoms with Crippen LogP contribution in [0.3, 0.4) is 0 Å². The molecule has 0 radical (unpaired) electrons. The van der Waals surface area contributed by atoms with E-state index in [-0.39, 0.29) is 18.4 Å². The van der Waals surface area contributed by atoms with E-state index in [1.54, 1.807) is 30.4 Å². The van der Waals surface area contributed by atoms with Crippen LogP contribution in [0.15, 0.2) is 54.9 Å². The molecule has 2 unspecified atom stereocenters. The van der Waals surface area contributed by atoms with Crippen molar-refractivity contribution in [2.45, 2.75) is 19.1 Å². The molecular weight excluding hydrogens is 370 g/mol. The topological polar surface area (TPSA) is 100 Å². The van der Waals surface area contributed by atoms with Crippen LogP contribution in [0.25, 0.3) is 11.3 Å². The lowest BCUT2D eigenvalue weighted by atomic mass is 9.97. The smallest absolute Gasteiger partial charge is 0.257 e. The lowest BCUT2D eigenvalue weighted by Gasteiger charge is -2.38. The van der Waals surface area contributed by atoms with Gasteiger partial charge in [-0.25, -0.2) is 0 Å². The Labute approximate surface area is 167 Å². The number of morpholine rings is 1. The first-order valence-corrected chi connectivity index (χ1v) is 9.23. The number of likely N-dealkylation sites (N-methyl/N-ethyl adjacent to an activating group) is 1. The lowest BCUT2D eigenvalue weighted by molar-refractivity contribution is -0.160. The predicted molar refractivity (Wildman–Crippen MR) is 107 cm³/mol. The second-order valence-corrected chi connectivity index (χ2v) is 6.98. The molecule has 2 aromatic heterocycles. The van der Waals surface area contributed by atoms with Crippen LogP contribution in [-0.2, 0) is 14.3 Å². The molecule has 148 valence electrons. The molecule has 0 aliphatic carbocycles. The summed E-state index contributed by atoms with van der Waals surface area (Å²) in [5.41, 5.74) is 3.60. The third kappa shape index (κ3) is 3.88. The molecule has 8 heteroatoms. The number of H-pyrrole nitrogens is 1. The Balaban J connectivity index is 1.55. The molecular formula is C21H21N5O3. The van der Waals surface area contributed by atoms with E-state index >= 15 is 0 Å². The molecule has 0 saturated carbocycles. The van der Waals surface area contributed by atoms with Crippen LogP contribution >= 0.6 is 0 Å². The van der Waals surface area contributed by atoms with Gasteiger partial charge in [-0.05, 0) is 24.6 Å². The molecule has 0 spiro atoms. The molecule has 0 bridgehead atoms. The van der Waals surface area contributed by atoms with E-state index in [4.69, 9.17) is 4.74 Å². The molecule has 2 amide bonds. The zero-order valence-corrected chi connectivity index (χ0v) is 16.1. The minimum atomic E-state index is -0.846. The summed E-state index contributed by atoms with van der Waals surface area (Å²) in [6.45, 7) is 1.85. The number of pyridine rings is 1. The van der Waals surface area contributed by atoms with E-state index < -0.39 is 12.1 Å². The number of hydrogen-bond acceptors (Lipinski definition) is 5. The van der Waals surface area contributed by atoms with Gasteiger partial charge in [0.2, 0.25) is 5.91 Å². The maximum atomic E-state index is 13.0. The molecule has 29 heavy (non-hydrogen) atoms. The molecule has 1 aliphatic heterocycles. The highest BCUT2D eigenvalue weighted by atomic mass is 16.5. The fourth-order valence-electron chi connectivity index (χ4n) is 3.36. The highest BCUT2D eigenvalue weighted by Gasteiger charge is 2.40. The zero-order chi connectivity index (χ0) is 20.4. The van der Waals surface area contributed by atoms with E-state index in [2.05, 4.69) is 20.5 Å². The second kappa shape index (κ2) is 7.84. The number of aryl methyl sites for hydroxylation is 1. The fourth-order valence-corrected chi connectivity index (χ4v) is 3.36. The number of aromatic nitrogens is 3. The third-order valence-corrected chi connectivity index (χ3v) is 4.98. The van der Waals surface area contributed by atoms with E-state index in [1.807, 2.05) is 43.3 Å². The third-order valence-electron chi connectivity index (χ3n) is 4.98. The molecule has 1 fully saturated rings. The van der Waals surface area contributed by atoms with Crippen LogP contribution in [0.1, 0.15) is 17.2 Å². The number of rotatable bonds is 4. The average Bonchev–Trinajstić information content (AvgIpc) is 3.20. The first-order valence-electron chi connectivity index (χ1n) is 9.23. The van der Waals surface area contributed by atoms with E-state index in [9.17, 15) is 9.59 Å². The zero-order valence-electron chi connectivity index (χ0n) is 16.1. The Morgan fingerprint density at radius 2 is 1.93 bits per heavy atom. The number of hydrogen-bond donors (Lipinski definition) is 2. The van der Waals surface area contributed by atoms with Crippen LogP contribution in [-0.4, -0.2) is 51.7 Å². The highest BCUT2D eigenvalue weighted by Crippen LogP contribution is 2.30. The van der Waals surface area contributed by atoms with E-state index in [1.165, 1.54) is 0 Å². The van der Waals surface area contributed by atoms with Crippen molar-refractivity contribution in [2.24, 2.45) is 0 Å². The van der Waals surface area contributed by atoms with Gasteiger partial charge in [0.1, 0.15) is 6.61 Å². The lowest BCUT2D eigenvalue weighted by Crippen LogP contribution is -2.51. The van der Waals surface area contributed by atoms with Crippen LogP contribution in [0.2, 0.25) is 0 Å². The van der Waals surface area contributed by atoms with Crippen molar-refractivity contribution in [1.29, 1.82) is 0 Å². The Hall–Kier alpha value is -3.52. The maximum absolute atomic E-state index is 13.0. The van der Waals surface area contributed by atoms with Crippen molar-refractivity contribution in [3.63, 3.8) is 0 Å². The summed E-state index contributed by atoms with van der Waals surface area (Å²) in [7, 11) is 1.69. The number of amides is 2. The SMILES string of the molecule is Cc1ccc(C2C(C(=O)Nc3cc(-c4ccncc4)[nH]n3)OCC(=O)N2C)cc1. The molecule has 2 atom stereocenters. The quantitative estimate of drug-likeness (QED) is 0.711. The van der Waals surface area contributed by atoms with Gasteiger partial charge in [0.15, 0.2) is 11.9 Å². The number of nitrogens with one attached hydrogen (secondary N) is 2. The molecule has 4 rings (SSSR count). The summed E-state index contributed by atoms with van der Waals surface area (Å²) in [4.78, 5) is 30.7. The van der Waals surface area contributed by atoms with Gasteiger partial charge >= 0.3 is 0 Å². The van der Waals surface area contributed by atoms with Crippen LogP contribution in [0.4, 0.5) is 5.82 Å². The van der Waals surface area contributed by atoms with Crippen LogP contribution in [0.5, 0.6) is 0 Å². The molecule has 3 heterocycles. The number of carbonyl (C=O) groups excluding carboxylic acids is 2. The standard InChI is InChI=1S/C21H21N5O3/c1-13-3-5-15(6-4-13)19-20(29-12-18(27)26(19)2)21(28)23-17-11-16(24-25-17)14-7-9-22-10-8-14/h3-11,19-20H,12H2,1-2H3,(H2,23,24,25,28). The summed E-state index contributed by atoms with van der Waals surface area (Å²) in [5, 5.41) is 9.84. The summed E-state index contributed by atoms with van der Waals surface area (Å²) in [5.74, 6) is -0.144. The van der Waals surface area contributed by atoms with Gasteiger partial charge in [-0.1, -0.05) is 29.8 Å². The Morgan fingerprint density at radius 3 is 2.66 bits per heavy atom. The van der Waals surface area contributed by atoms with Gasteiger partial charge < -0.3 is 15.0 Å². The molecule has 3 aromatic rings. The maximum Gasteiger partial charge on any atom is 0.257 e. The Morgan fingerprint density at radius 1 is 1.21 bits per heavy atom.